The highest BCUT2D eigenvalue weighted by Crippen LogP contribution is 1.79. The highest BCUT2D eigenvalue weighted by molar-refractivity contribution is 6.35. The number of hydrogen-bond donors (Lipinski definition) is 2. The van der Waals surface area contributed by atoms with Gasteiger partial charge in [-0.3, -0.25) is 14.3 Å². The number of nitrogens with one attached hydrogen (secondary N) is 2. The molecular formula is C8H10N6O2. The van der Waals surface area contributed by atoms with Crippen molar-refractivity contribution in [2.45, 2.75) is 6.54 Å². The zero-order valence-electron chi connectivity index (χ0n) is 8.38. The molecule has 0 spiro atoms. The van der Waals surface area contributed by atoms with Gasteiger partial charge in [0, 0.05) is 12.7 Å². The Morgan fingerprint density at radius 3 is 2.75 bits per heavy atom. The molecule has 0 bridgehead atoms. The van der Waals surface area contributed by atoms with E-state index in [9.17, 15) is 9.59 Å². The number of carbonyl (C=O) groups is 2. The fraction of sp³-hybridized carbons (Fsp3) is 0.375. The van der Waals surface area contributed by atoms with E-state index in [4.69, 9.17) is 5.26 Å². The van der Waals surface area contributed by atoms with Crippen LogP contribution in [-0.4, -0.2) is 39.9 Å². The molecule has 1 rings (SSSR count). The number of amides is 2. The van der Waals surface area contributed by atoms with Gasteiger partial charge >= 0.3 is 11.8 Å². The first kappa shape index (κ1) is 11.6. The Hall–Kier alpha value is -2.43. The van der Waals surface area contributed by atoms with E-state index >= 15 is 0 Å². The van der Waals surface area contributed by atoms with E-state index in [1.807, 2.05) is 0 Å². The number of aromatic nitrogens is 3. The molecule has 2 amide bonds. The monoisotopic (exact) mass is 222 g/mol. The molecular weight excluding hydrogens is 212 g/mol. The van der Waals surface area contributed by atoms with Crippen LogP contribution >= 0.6 is 0 Å². The summed E-state index contributed by atoms with van der Waals surface area (Å²) in [5.74, 6) is -1.59. The highest BCUT2D eigenvalue weighted by Gasteiger charge is 2.11. The average molecular weight is 222 g/mol. The summed E-state index contributed by atoms with van der Waals surface area (Å²) in [6.07, 6.45) is 3.16. The van der Waals surface area contributed by atoms with Crippen LogP contribution in [0.2, 0.25) is 0 Å². The number of rotatable bonds is 4. The normalized spacial score (nSPS) is 9.19. The molecule has 0 aliphatic carbocycles. The zero-order valence-corrected chi connectivity index (χ0v) is 8.38. The molecule has 1 aromatic heterocycles. The molecule has 0 atom stereocenters. The fourth-order valence-corrected chi connectivity index (χ4v) is 0.916. The second kappa shape index (κ2) is 6.13. The Balaban J connectivity index is 2.20. The minimum Gasteiger partial charge on any atom is -0.346 e. The summed E-state index contributed by atoms with van der Waals surface area (Å²) in [7, 11) is 0. The second-order valence-electron chi connectivity index (χ2n) is 2.76. The summed E-state index contributed by atoms with van der Waals surface area (Å²) in [4.78, 5) is 22.1. The molecule has 2 N–H and O–H groups in total. The number of nitriles is 1. The van der Waals surface area contributed by atoms with Crippen LogP contribution in [0.1, 0.15) is 0 Å². The van der Waals surface area contributed by atoms with Gasteiger partial charge in [-0.15, -0.1) is 5.10 Å². The first-order valence-electron chi connectivity index (χ1n) is 4.51. The van der Waals surface area contributed by atoms with Crippen LogP contribution in [-0.2, 0) is 16.1 Å². The first-order valence-corrected chi connectivity index (χ1v) is 4.51. The fourth-order valence-electron chi connectivity index (χ4n) is 0.916. The lowest BCUT2D eigenvalue weighted by Crippen LogP contribution is -2.41. The quantitative estimate of drug-likeness (QED) is 0.453. The van der Waals surface area contributed by atoms with Crippen LogP contribution in [0.3, 0.4) is 0 Å². The van der Waals surface area contributed by atoms with Gasteiger partial charge in [0.15, 0.2) is 0 Å². The van der Waals surface area contributed by atoms with Crippen LogP contribution in [0.5, 0.6) is 0 Å². The summed E-state index contributed by atoms with van der Waals surface area (Å²) < 4.78 is 1.52. The van der Waals surface area contributed by atoms with E-state index in [1.54, 1.807) is 12.3 Å². The molecule has 84 valence electrons. The number of nitrogens with zero attached hydrogens (tertiary/aromatic N) is 4. The molecule has 0 unspecified atom stereocenters. The van der Waals surface area contributed by atoms with Crippen LogP contribution in [0.4, 0.5) is 0 Å². The Kier molecular flexibility index (Phi) is 4.46. The van der Waals surface area contributed by atoms with E-state index in [0.717, 1.165) is 0 Å². The molecule has 1 aromatic rings. The van der Waals surface area contributed by atoms with Crippen molar-refractivity contribution >= 4 is 11.8 Å². The van der Waals surface area contributed by atoms with Crippen molar-refractivity contribution in [2.75, 3.05) is 13.1 Å². The molecule has 1 heterocycles. The second-order valence-corrected chi connectivity index (χ2v) is 2.76. The van der Waals surface area contributed by atoms with Crippen molar-refractivity contribution in [1.82, 2.24) is 25.6 Å². The van der Waals surface area contributed by atoms with Crippen LogP contribution in [0.15, 0.2) is 12.4 Å². The maximum atomic E-state index is 11.1. The van der Waals surface area contributed by atoms with E-state index < -0.39 is 11.8 Å². The van der Waals surface area contributed by atoms with E-state index in [2.05, 4.69) is 20.9 Å². The van der Waals surface area contributed by atoms with Crippen LogP contribution < -0.4 is 10.6 Å². The Morgan fingerprint density at radius 1 is 1.38 bits per heavy atom. The van der Waals surface area contributed by atoms with Crippen molar-refractivity contribution in [3.63, 3.8) is 0 Å². The molecule has 0 aliphatic rings. The SMILES string of the molecule is N#CCNC(=O)C(=O)NCCn1ccnn1. The third kappa shape index (κ3) is 3.75. The molecule has 8 heteroatoms. The van der Waals surface area contributed by atoms with E-state index in [1.165, 1.54) is 10.9 Å². The summed E-state index contributed by atoms with van der Waals surface area (Å²) in [5, 5.41) is 20.0. The highest BCUT2D eigenvalue weighted by atomic mass is 16.2. The molecule has 0 saturated carbocycles. The van der Waals surface area contributed by atoms with Gasteiger partial charge in [-0.25, -0.2) is 0 Å². The Morgan fingerprint density at radius 2 is 2.12 bits per heavy atom. The van der Waals surface area contributed by atoms with E-state index in [-0.39, 0.29) is 13.1 Å². The maximum Gasteiger partial charge on any atom is 0.310 e. The third-order valence-electron chi connectivity index (χ3n) is 1.63. The summed E-state index contributed by atoms with van der Waals surface area (Å²) in [5.41, 5.74) is 0. The summed E-state index contributed by atoms with van der Waals surface area (Å²) >= 11 is 0. The largest absolute Gasteiger partial charge is 0.346 e. The first-order chi connectivity index (χ1) is 7.74. The lowest BCUT2D eigenvalue weighted by atomic mass is 10.5. The minimum absolute atomic E-state index is 0.185. The van der Waals surface area contributed by atoms with Gasteiger partial charge in [0.25, 0.3) is 0 Å². The van der Waals surface area contributed by atoms with Gasteiger partial charge in [-0.05, 0) is 0 Å². The van der Waals surface area contributed by atoms with Gasteiger partial charge in [0.2, 0.25) is 0 Å². The molecule has 0 radical (unpaired) electrons. The van der Waals surface area contributed by atoms with Crippen molar-refractivity contribution in [3.05, 3.63) is 12.4 Å². The van der Waals surface area contributed by atoms with Crippen molar-refractivity contribution < 1.29 is 9.59 Å². The smallest absolute Gasteiger partial charge is 0.310 e. The van der Waals surface area contributed by atoms with Gasteiger partial charge in [0.05, 0.1) is 18.8 Å². The predicted molar refractivity (Wildman–Crippen MR) is 51.7 cm³/mol. The lowest BCUT2D eigenvalue weighted by Gasteiger charge is -2.03. The molecule has 0 saturated heterocycles. The summed E-state index contributed by atoms with van der Waals surface area (Å²) in [6.45, 7) is 0.509. The van der Waals surface area contributed by atoms with Crippen molar-refractivity contribution in [1.29, 1.82) is 5.26 Å². The lowest BCUT2D eigenvalue weighted by molar-refractivity contribution is -0.139. The van der Waals surface area contributed by atoms with Crippen LogP contribution in [0.25, 0.3) is 0 Å². The molecule has 8 nitrogen and oxygen atoms in total. The Bertz CT molecular complexity index is 393. The topological polar surface area (TPSA) is 113 Å². The van der Waals surface area contributed by atoms with Crippen molar-refractivity contribution in [3.8, 4) is 6.07 Å². The third-order valence-corrected chi connectivity index (χ3v) is 1.63. The molecule has 0 aromatic carbocycles. The number of carbonyl (C=O) groups excluding carboxylic acids is 2. The number of hydrogen-bond acceptors (Lipinski definition) is 5. The van der Waals surface area contributed by atoms with Crippen molar-refractivity contribution in [2.24, 2.45) is 0 Å². The van der Waals surface area contributed by atoms with Gasteiger partial charge in [-0.2, -0.15) is 5.26 Å². The standard InChI is InChI=1S/C8H10N6O2/c9-1-2-10-7(15)8(16)11-3-5-14-6-4-12-13-14/h4,6H,2-3,5H2,(H,10,15)(H,11,16). The van der Waals surface area contributed by atoms with Gasteiger partial charge in [-0.1, -0.05) is 5.21 Å². The van der Waals surface area contributed by atoms with E-state index in [0.29, 0.717) is 6.54 Å². The Labute approximate surface area is 91.2 Å². The minimum atomic E-state index is -0.819. The predicted octanol–water partition coefficient (Wildman–Crippen LogP) is -1.97. The van der Waals surface area contributed by atoms with Gasteiger partial charge in [0.1, 0.15) is 6.54 Å². The molecule has 0 fully saturated rings. The van der Waals surface area contributed by atoms with Crippen LogP contribution in [0, 0.1) is 11.3 Å². The molecule has 16 heavy (non-hydrogen) atoms. The maximum absolute atomic E-state index is 11.1. The van der Waals surface area contributed by atoms with Gasteiger partial charge < -0.3 is 10.6 Å². The summed E-state index contributed by atoms with van der Waals surface area (Å²) in [6, 6.07) is 1.70. The molecule has 0 aliphatic heterocycles. The average Bonchev–Trinajstić information content (AvgIpc) is 2.78. The zero-order chi connectivity index (χ0) is 11.8.